The van der Waals surface area contributed by atoms with Crippen molar-refractivity contribution in [1.82, 2.24) is 0 Å². The van der Waals surface area contributed by atoms with Gasteiger partial charge in [-0.25, -0.2) is 0 Å². The highest BCUT2D eigenvalue weighted by Gasteiger charge is 2.31. The van der Waals surface area contributed by atoms with Gasteiger partial charge in [0.15, 0.2) is 5.78 Å². The van der Waals surface area contributed by atoms with Gasteiger partial charge >= 0.3 is 0 Å². The number of carbonyl (C=O) groups is 1. The molecule has 3 rings (SSSR count). The summed E-state index contributed by atoms with van der Waals surface area (Å²) in [6.07, 6.45) is 10.6. The Morgan fingerprint density at radius 1 is 1.00 bits per heavy atom. The van der Waals surface area contributed by atoms with Gasteiger partial charge in [-0.1, -0.05) is 6.08 Å². The molecule has 2 heteroatoms. The van der Waals surface area contributed by atoms with Crippen LogP contribution in [-0.2, 0) is 4.79 Å². The predicted octanol–water partition coefficient (Wildman–Crippen LogP) is 3.07. The van der Waals surface area contributed by atoms with Gasteiger partial charge in [-0.05, 0) is 54.4 Å². The van der Waals surface area contributed by atoms with Gasteiger partial charge < -0.3 is 5.11 Å². The molecule has 0 bridgehead atoms. The fourth-order valence-electron chi connectivity index (χ4n) is 3.09. The third kappa shape index (κ3) is 1.62. The van der Waals surface area contributed by atoms with Crippen LogP contribution in [0.4, 0.5) is 0 Å². The normalized spacial score (nSPS) is 33.2. The first-order chi connectivity index (χ1) is 7.72. The summed E-state index contributed by atoms with van der Waals surface area (Å²) in [7, 11) is 0. The minimum atomic E-state index is 0.255. The van der Waals surface area contributed by atoms with E-state index in [0.717, 1.165) is 25.7 Å². The monoisotopic (exact) mass is 216 g/mol. The molecule has 0 saturated heterocycles. The first-order valence-corrected chi connectivity index (χ1v) is 6.08. The summed E-state index contributed by atoms with van der Waals surface area (Å²) in [6.45, 7) is 0. The largest absolute Gasteiger partial charge is 0.512 e. The van der Waals surface area contributed by atoms with E-state index in [4.69, 9.17) is 0 Å². The van der Waals surface area contributed by atoms with Gasteiger partial charge in [-0.3, -0.25) is 4.79 Å². The van der Waals surface area contributed by atoms with Crippen molar-refractivity contribution in [2.24, 2.45) is 11.8 Å². The molecule has 0 aromatic heterocycles. The summed E-state index contributed by atoms with van der Waals surface area (Å²) >= 11 is 0. The molecule has 0 fully saturated rings. The highest BCUT2D eigenvalue weighted by molar-refractivity contribution is 5.92. The Morgan fingerprint density at radius 3 is 2.50 bits per heavy atom. The minimum Gasteiger partial charge on any atom is -0.512 e. The molecule has 0 spiro atoms. The van der Waals surface area contributed by atoms with Crippen molar-refractivity contribution in [3.63, 3.8) is 0 Å². The fourth-order valence-corrected chi connectivity index (χ4v) is 3.09. The molecule has 16 heavy (non-hydrogen) atoms. The number of rotatable bonds is 0. The van der Waals surface area contributed by atoms with Gasteiger partial charge in [-0.2, -0.15) is 0 Å². The standard InChI is InChI=1S/C14H16O2/c15-13-3-1-9-5-10-2-4-14(16)8-12(10)6-11(9)7-13/h6-10,15H,1-5H2. The number of aliphatic hydroxyl groups excluding tert-OH is 1. The van der Waals surface area contributed by atoms with Crippen LogP contribution in [0.3, 0.4) is 0 Å². The maximum atomic E-state index is 11.4. The zero-order valence-corrected chi connectivity index (χ0v) is 9.28. The van der Waals surface area contributed by atoms with E-state index in [0.29, 0.717) is 24.0 Å². The van der Waals surface area contributed by atoms with Crippen LogP contribution in [0.1, 0.15) is 32.1 Å². The van der Waals surface area contributed by atoms with E-state index in [9.17, 15) is 9.90 Å². The van der Waals surface area contributed by atoms with E-state index >= 15 is 0 Å². The quantitative estimate of drug-likeness (QED) is 0.675. The van der Waals surface area contributed by atoms with Crippen molar-refractivity contribution < 1.29 is 9.90 Å². The molecule has 84 valence electrons. The van der Waals surface area contributed by atoms with Crippen LogP contribution in [-0.4, -0.2) is 10.9 Å². The van der Waals surface area contributed by atoms with Crippen molar-refractivity contribution in [1.29, 1.82) is 0 Å². The maximum absolute atomic E-state index is 11.4. The number of ketones is 1. The van der Waals surface area contributed by atoms with Crippen LogP contribution in [0.25, 0.3) is 0 Å². The average molecular weight is 216 g/mol. The van der Waals surface area contributed by atoms with Gasteiger partial charge in [0.25, 0.3) is 0 Å². The molecule has 0 saturated carbocycles. The topological polar surface area (TPSA) is 37.3 Å². The van der Waals surface area contributed by atoms with Gasteiger partial charge in [0.2, 0.25) is 0 Å². The Labute approximate surface area is 95.4 Å². The van der Waals surface area contributed by atoms with E-state index in [1.807, 2.05) is 6.08 Å². The lowest BCUT2D eigenvalue weighted by Crippen LogP contribution is -2.23. The molecule has 0 heterocycles. The second kappa shape index (κ2) is 3.62. The Morgan fingerprint density at radius 2 is 1.69 bits per heavy atom. The molecule has 2 atom stereocenters. The average Bonchev–Trinajstić information content (AvgIpc) is 2.26. The summed E-state index contributed by atoms with van der Waals surface area (Å²) < 4.78 is 0. The van der Waals surface area contributed by atoms with Crippen LogP contribution in [0.2, 0.25) is 0 Å². The number of fused-ring (bicyclic) bond motifs is 2. The molecule has 0 aliphatic heterocycles. The van der Waals surface area contributed by atoms with Gasteiger partial charge in [0.05, 0.1) is 5.76 Å². The molecule has 2 nitrogen and oxygen atoms in total. The zero-order chi connectivity index (χ0) is 11.1. The zero-order valence-electron chi connectivity index (χ0n) is 9.28. The lowest BCUT2D eigenvalue weighted by atomic mass is 9.70. The van der Waals surface area contributed by atoms with E-state index in [1.54, 1.807) is 6.08 Å². The fraction of sp³-hybridized carbons (Fsp3) is 0.500. The molecule has 0 aromatic carbocycles. The highest BCUT2D eigenvalue weighted by Crippen LogP contribution is 2.42. The Hall–Kier alpha value is -1.31. The van der Waals surface area contributed by atoms with E-state index in [2.05, 4.69) is 6.08 Å². The maximum Gasteiger partial charge on any atom is 0.155 e. The third-order valence-corrected chi connectivity index (χ3v) is 3.99. The smallest absolute Gasteiger partial charge is 0.155 e. The van der Waals surface area contributed by atoms with E-state index < -0.39 is 0 Å². The molecule has 2 unspecified atom stereocenters. The summed E-state index contributed by atoms with van der Waals surface area (Å²) in [4.78, 5) is 11.4. The number of aliphatic hydroxyl groups is 1. The molecular weight excluding hydrogens is 200 g/mol. The van der Waals surface area contributed by atoms with E-state index in [1.165, 1.54) is 11.1 Å². The number of carbonyl (C=O) groups excluding carboxylic acids is 1. The molecule has 0 amide bonds. The summed E-state index contributed by atoms with van der Waals surface area (Å²) in [5, 5.41) is 9.53. The first kappa shape index (κ1) is 9.88. The summed E-state index contributed by atoms with van der Waals surface area (Å²) in [5.74, 6) is 1.93. The molecule has 3 aliphatic carbocycles. The second-order valence-corrected chi connectivity index (χ2v) is 5.10. The van der Waals surface area contributed by atoms with Crippen molar-refractivity contribution >= 4 is 5.78 Å². The summed E-state index contributed by atoms with van der Waals surface area (Å²) in [6, 6.07) is 0. The van der Waals surface area contributed by atoms with Crippen molar-refractivity contribution in [2.75, 3.05) is 0 Å². The number of allylic oxidation sites excluding steroid dienone is 6. The number of hydrogen-bond donors (Lipinski definition) is 1. The molecule has 0 aromatic rings. The molecule has 0 radical (unpaired) electrons. The SMILES string of the molecule is O=C1C=C2C=C3C=C(O)CCC3CC2CC1. The van der Waals surface area contributed by atoms with Crippen LogP contribution >= 0.6 is 0 Å². The lowest BCUT2D eigenvalue weighted by molar-refractivity contribution is -0.115. The second-order valence-electron chi connectivity index (χ2n) is 5.10. The highest BCUT2D eigenvalue weighted by atomic mass is 16.3. The van der Waals surface area contributed by atoms with Crippen molar-refractivity contribution in [3.8, 4) is 0 Å². The van der Waals surface area contributed by atoms with Crippen LogP contribution in [0.5, 0.6) is 0 Å². The Balaban J connectivity index is 1.99. The Bertz CT molecular complexity index is 426. The predicted molar refractivity (Wildman–Crippen MR) is 61.9 cm³/mol. The third-order valence-electron chi connectivity index (χ3n) is 3.99. The number of hydrogen-bond acceptors (Lipinski definition) is 2. The van der Waals surface area contributed by atoms with Gasteiger partial charge in [0.1, 0.15) is 0 Å². The van der Waals surface area contributed by atoms with Crippen LogP contribution < -0.4 is 0 Å². The molecule has 1 N–H and O–H groups in total. The Kier molecular flexibility index (Phi) is 2.23. The van der Waals surface area contributed by atoms with Gasteiger partial charge in [-0.15, -0.1) is 0 Å². The van der Waals surface area contributed by atoms with Crippen molar-refractivity contribution in [3.05, 3.63) is 35.1 Å². The van der Waals surface area contributed by atoms with Gasteiger partial charge in [0, 0.05) is 12.8 Å². The molecule has 3 aliphatic rings. The van der Waals surface area contributed by atoms with E-state index in [-0.39, 0.29) is 5.78 Å². The van der Waals surface area contributed by atoms with Crippen LogP contribution in [0, 0.1) is 11.8 Å². The van der Waals surface area contributed by atoms with Crippen molar-refractivity contribution in [2.45, 2.75) is 32.1 Å². The minimum absolute atomic E-state index is 0.255. The molecular formula is C14H16O2. The lowest BCUT2D eigenvalue weighted by Gasteiger charge is -2.34. The first-order valence-electron chi connectivity index (χ1n) is 6.08. The van der Waals surface area contributed by atoms with Crippen LogP contribution in [0.15, 0.2) is 35.1 Å². The summed E-state index contributed by atoms with van der Waals surface area (Å²) in [5.41, 5.74) is 2.41.